The molecule has 2 nitrogen and oxygen atoms in total. The maximum absolute atomic E-state index is 10.3. The Bertz CT molecular complexity index is 377. The van der Waals surface area contributed by atoms with Gasteiger partial charge in [0.25, 0.3) is 0 Å². The number of aliphatic hydroxyl groups excluding tert-OH is 1. The van der Waals surface area contributed by atoms with Gasteiger partial charge >= 0.3 is 0 Å². The molecule has 1 atom stereocenters. The molecule has 1 aliphatic rings. The van der Waals surface area contributed by atoms with Crippen LogP contribution in [0.2, 0.25) is 0 Å². The lowest BCUT2D eigenvalue weighted by molar-refractivity contribution is 0.119. The molecule has 0 bridgehead atoms. The molecule has 112 valence electrons. The predicted molar refractivity (Wildman–Crippen MR) is 85.0 cm³/mol. The Morgan fingerprint density at radius 1 is 1.05 bits per heavy atom. The predicted octanol–water partition coefficient (Wildman–Crippen LogP) is 4.11. The van der Waals surface area contributed by atoms with Crippen LogP contribution in [-0.4, -0.2) is 29.6 Å². The second-order valence-corrected chi connectivity index (χ2v) is 6.00. The number of benzene rings is 1. The Labute approximate surface area is 123 Å². The zero-order chi connectivity index (χ0) is 14.4. The number of likely N-dealkylation sites (N-methyl/N-ethyl adjacent to an activating group) is 1. The van der Waals surface area contributed by atoms with Crippen molar-refractivity contribution in [3.05, 3.63) is 35.4 Å². The summed E-state index contributed by atoms with van der Waals surface area (Å²) >= 11 is 0. The molecule has 0 aliphatic heterocycles. The molecule has 0 spiro atoms. The van der Waals surface area contributed by atoms with Crippen molar-refractivity contribution in [3.63, 3.8) is 0 Å². The van der Waals surface area contributed by atoms with Gasteiger partial charge in [-0.05, 0) is 43.0 Å². The normalized spacial score (nSPS) is 18.4. The van der Waals surface area contributed by atoms with Crippen molar-refractivity contribution in [2.45, 2.75) is 58.0 Å². The van der Waals surface area contributed by atoms with Crippen molar-refractivity contribution >= 4 is 0 Å². The maximum atomic E-state index is 10.3. The molecule has 1 aliphatic carbocycles. The molecule has 1 saturated carbocycles. The molecule has 0 radical (unpaired) electrons. The van der Waals surface area contributed by atoms with Gasteiger partial charge in [0, 0.05) is 6.54 Å². The quantitative estimate of drug-likeness (QED) is 0.844. The van der Waals surface area contributed by atoms with E-state index in [2.05, 4.69) is 43.0 Å². The van der Waals surface area contributed by atoms with Gasteiger partial charge in [-0.2, -0.15) is 0 Å². The Balaban J connectivity index is 1.96. The standard InChI is InChI=1S/C18H29NO/c1-3-19(4-2)14-18(20)17-12-10-16(11-13-17)15-8-6-5-7-9-15/h10-13,15,18,20H,3-9,14H2,1-2H3. The van der Waals surface area contributed by atoms with Gasteiger partial charge in [0.15, 0.2) is 0 Å². The third-order valence-electron chi connectivity index (χ3n) is 4.72. The number of aliphatic hydroxyl groups is 1. The van der Waals surface area contributed by atoms with Gasteiger partial charge < -0.3 is 10.0 Å². The molecule has 0 heterocycles. The summed E-state index contributed by atoms with van der Waals surface area (Å²) in [7, 11) is 0. The van der Waals surface area contributed by atoms with E-state index >= 15 is 0 Å². The summed E-state index contributed by atoms with van der Waals surface area (Å²) in [5.41, 5.74) is 2.51. The molecule has 2 heteroatoms. The number of hydrogen-bond donors (Lipinski definition) is 1. The van der Waals surface area contributed by atoms with E-state index in [-0.39, 0.29) is 6.10 Å². The fourth-order valence-electron chi connectivity index (χ4n) is 3.26. The maximum Gasteiger partial charge on any atom is 0.0916 e. The molecular weight excluding hydrogens is 246 g/mol. The van der Waals surface area contributed by atoms with Crippen molar-refractivity contribution < 1.29 is 5.11 Å². The molecule has 0 aromatic heterocycles. The highest BCUT2D eigenvalue weighted by atomic mass is 16.3. The first-order valence-corrected chi connectivity index (χ1v) is 8.24. The molecule has 1 aromatic carbocycles. The van der Waals surface area contributed by atoms with E-state index in [1.807, 2.05) is 0 Å². The van der Waals surface area contributed by atoms with Crippen LogP contribution in [0.25, 0.3) is 0 Å². The van der Waals surface area contributed by atoms with Crippen LogP contribution in [-0.2, 0) is 0 Å². The van der Waals surface area contributed by atoms with Crippen molar-refractivity contribution in [2.24, 2.45) is 0 Å². The van der Waals surface area contributed by atoms with Gasteiger partial charge in [-0.15, -0.1) is 0 Å². The second kappa shape index (κ2) is 7.80. The van der Waals surface area contributed by atoms with Crippen molar-refractivity contribution in [1.82, 2.24) is 4.90 Å². The van der Waals surface area contributed by atoms with Gasteiger partial charge in [0.1, 0.15) is 0 Å². The topological polar surface area (TPSA) is 23.5 Å². The van der Waals surface area contributed by atoms with Crippen LogP contribution < -0.4 is 0 Å². The van der Waals surface area contributed by atoms with Crippen LogP contribution >= 0.6 is 0 Å². The summed E-state index contributed by atoms with van der Waals surface area (Å²) < 4.78 is 0. The Morgan fingerprint density at radius 3 is 2.20 bits per heavy atom. The van der Waals surface area contributed by atoms with Crippen molar-refractivity contribution in [2.75, 3.05) is 19.6 Å². The Morgan fingerprint density at radius 2 is 1.65 bits per heavy atom. The fourth-order valence-corrected chi connectivity index (χ4v) is 3.26. The van der Waals surface area contributed by atoms with E-state index in [1.54, 1.807) is 0 Å². The summed E-state index contributed by atoms with van der Waals surface area (Å²) in [5.74, 6) is 0.748. The van der Waals surface area contributed by atoms with Crippen molar-refractivity contribution in [3.8, 4) is 0 Å². The summed E-state index contributed by atoms with van der Waals surface area (Å²) in [4.78, 5) is 2.26. The van der Waals surface area contributed by atoms with E-state index in [0.717, 1.165) is 31.1 Å². The summed E-state index contributed by atoms with van der Waals surface area (Å²) in [6.07, 6.45) is 6.45. The lowest BCUT2D eigenvalue weighted by Crippen LogP contribution is -2.28. The van der Waals surface area contributed by atoms with Crippen LogP contribution in [0.1, 0.15) is 69.1 Å². The van der Waals surface area contributed by atoms with Gasteiger partial charge in [-0.25, -0.2) is 0 Å². The van der Waals surface area contributed by atoms with Gasteiger partial charge in [0.05, 0.1) is 6.10 Å². The summed E-state index contributed by atoms with van der Waals surface area (Å²) in [6, 6.07) is 8.71. The number of rotatable bonds is 6. The zero-order valence-electron chi connectivity index (χ0n) is 13.0. The average molecular weight is 275 g/mol. The lowest BCUT2D eigenvalue weighted by atomic mass is 9.84. The third-order valence-corrected chi connectivity index (χ3v) is 4.72. The van der Waals surface area contributed by atoms with Crippen LogP contribution in [0, 0.1) is 0 Å². The van der Waals surface area contributed by atoms with Crippen LogP contribution in [0.3, 0.4) is 0 Å². The molecule has 1 aromatic rings. The van der Waals surface area contributed by atoms with Crippen LogP contribution in [0.5, 0.6) is 0 Å². The first-order chi connectivity index (χ1) is 9.74. The van der Waals surface area contributed by atoms with Gasteiger partial charge in [-0.3, -0.25) is 0 Å². The molecule has 1 unspecified atom stereocenters. The molecule has 1 N–H and O–H groups in total. The highest BCUT2D eigenvalue weighted by Crippen LogP contribution is 2.33. The third kappa shape index (κ3) is 4.07. The van der Waals surface area contributed by atoms with E-state index < -0.39 is 0 Å². The minimum Gasteiger partial charge on any atom is -0.387 e. The molecule has 0 saturated heterocycles. The smallest absolute Gasteiger partial charge is 0.0916 e. The average Bonchev–Trinajstić information content (AvgIpc) is 2.53. The lowest BCUT2D eigenvalue weighted by Gasteiger charge is -2.24. The van der Waals surface area contributed by atoms with E-state index in [1.165, 1.54) is 37.7 Å². The summed E-state index contributed by atoms with van der Waals surface area (Å²) in [5, 5.41) is 10.3. The second-order valence-electron chi connectivity index (χ2n) is 6.00. The molecule has 2 rings (SSSR count). The van der Waals surface area contributed by atoms with E-state index in [4.69, 9.17) is 0 Å². The molecular formula is C18H29NO. The monoisotopic (exact) mass is 275 g/mol. The van der Waals surface area contributed by atoms with Crippen LogP contribution in [0.4, 0.5) is 0 Å². The Kier molecular flexibility index (Phi) is 6.06. The van der Waals surface area contributed by atoms with Gasteiger partial charge in [0.2, 0.25) is 0 Å². The summed E-state index contributed by atoms with van der Waals surface area (Å²) in [6.45, 7) is 7.00. The first kappa shape index (κ1) is 15.5. The molecule has 1 fully saturated rings. The molecule has 20 heavy (non-hydrogen) atoms. The molecule has 0 amide bonds. The minimum atomic E-state index is -0.365. The first-order valence-electron chi connectivity index (χ1n) is 8.24. The highest BCUT2D eigenvalue weighted by molar-refractivity contribution is 5.27. The fraction of sp³-hybridized carbons (Fsp3) is 0.667. The Hall–Kier alpha value is -0.860. The SMILES string of the molecule is CCN(CC)CC(O)c1ccc(C2CCCCC2)cc1. The highest BCUT2D eigenvalue weighted by Gasteiger charge is 2.16. The number of hydrogen-bond acceptors (Lipinski definition) is 2. The van der Waals surface area contributed by atoms with Crippen molar-refractivity contribution in [1.29, 1.82) is 0 Å². The van der Waals surface area contributed by atoms with Gasteiger partial charge in [-0.1, -0.05) is 57.4 Å². The van der Waals surface area contributed by atoms with Crippen LogP contribution in [0.15, 0.2) is 24.3 Å². The van der Waals surface area contributed by atoms with E-state index in [0.29, 0.717) is 0 Å². The minimum absolute atomic E-state index is 0.365. The largest absolute Gasteiger partial charge is 0.387 e. The zero-order valence-corrected chi connectivity index (χ0v) is 13.0. The van der Waals surface area contributed by atoms with E-state index in [9.17, 15) is 5.11 Å². The number of nitrogens with zero attached hydrogens (tertiary/aromatic N) is 1.